The Labute approximate surface area is 89.1 Å². The number of carbonyl (C=O) groups is 1. The second kappa shape index (κ2) is 6.17. The van der Waals surface area contributed by atoms with Gasteiger partial charge in [-0.15, -0.1) is 0 Å². The van der Waals surface area contributed by atoms with Crippen LogP contribution >= 0.6 is 0 Å². The van der Waals surface area contributed by atoms with E-state index in [0.29, 0.717) is 0 Å². The summed E-state index contributed by atoms with van der Waals surface area (Å²) in [4.78, 5) is 11.1. The molecule has 0 aliphatic carbocycles. The van der Waals surface area contributed by atoms with Crippen molar-refractivity contribution in [3.8, 4) is 0 Å². The summed E-state index contributed by atoms with van der Waals surface area (Å²) in [6.45, 7) is 1.70. The third-order valence-corrected chi connectivity index (χ3v) is 1.99. The lowest BCUT2D eigenvalue weighted by atomic mass is 10.2. The fourth-order valence-electron chi connectivity index (χ4n) is 1.13. The molecular weight excluding hydrogens is 195 g/mol. The number of alkyl halides is 1. The van der Waals surface area contributed by atoms with Crippen LogP contribution in [0.25, 0.3) is 0 Å². The molecular formula is C12H15FO2. The molecule has 1 aromatic carbocycles. The number of hydrogen-bond donors (Lipinski definition) is 0. The van der Waals surface area contributed by atoms with Gasteiger partial charge in [0.05, 0.1) is 6.17 Å². The molecule has 0 spiro atoms. The number of hydrogen-bond acceptors (Lipinski definition) is 2. The molecule has 1 aromatic rings. The Bertz CT molecular complexity index is 296. The van der Waals surface area contributed by atoms with E-state index in [9.17, 15) is 9.18 Å². The normalized spacial score (nSPS) is 12.1. The Hall–Kier alpha value is -1.38. The van der Waals surface area contributed by atoms with Crippen LogP contribution in [0, 0.1) is 0 Å². The maximum atomic E-state index is 12.4. The summed E-state index contributed by atoms with van der Waals surface area (Å²) in [6.07, 6.45) is -0.577. The number of esters is 1. The summed E-state index contributed by atoms with van der Waals surface area (Å²) in [5, 5.41) is 0. The average molecular weight is 210 g/mol. The van der Waals surface area contributed by atoms with Gasteiger partial charge in [-0.1, -0.05) is 30.3 Å². The Morgan fingerprint density at radius 1 is 1.40 bits per heavy atom. The van der Waals surface area contributed by atoms with Crippen molar-refractivity contribution in [3.63, 3.8) is 0 Å². The van der Waals surface area contributed by atoms with Crippen molar-refractivity contribution in [1.29, 1.82) is 0 Å². The molecule has 0 aromatic heterocycles. The molecule has 0 aliphatic rings. The molecule has 3 heteroatoms. The average Bonchev–Trinajstić information content (AvgIpc) is 2.25. The van der Waals surface area contributed by atoms with Gasteiger partial charge < -0.3 is 4.74 Å². The predicted molar refractivity (Wildman–Crippen MR) is 56.0 cm³/mol. The van der Waals surface area contributed by atoms with Crippen LogP contribution in [0.5, 0.6) is 0 Å². The van der Waals surface area contributed by atoms with Crippen LogP contribution in [0.3, 0.4) is 0 Å². The van der Waals surface area contributed by atoms with Crippen molar-refractivity contribution in [2.24, 2.45) is 0 Å². The number of ether oxygens (including phenoxy) is 1. The molecule has 82 valence electrons. The van der Waals surface area contributed by atoms with Crippen molar-refractivity contribution < 1.29 is 13.9 Å². The van der Waals surface area contributed by atoms with Gasteiger partial charge in [-0.3, -0.25) is 4.79 Å². The Morgan fingerprint density at radius 3 is 2.67 bits per heavy atom. The monoisotopic (exact) mass is 210 g/mol. The summed E-state index contributed by atoms with van der Waals surface area (Å²) in [5.74, 6) is -0.344. The molecule has 0 N–H and O–H groups in total. The lowest BCUT2D eigenvalue weighted by Gasteiger charge is -2.05. The molecule has 0 unspecified atom stereocenters. The first-order valence-electron chi connectivity index (χ1n) is 5.02. The SMILES string of the molecule is C[C@H](F)CCC(=O)OCc1ccccc1. The molecule has 1 rings (SSSR count). The van der Waals surface area contributed by atoms with E-state index in [1.807, 2.05) is 30.3 Å². The van der Waals surface area contributed by atoms with E-state index in [1.54, 1.807) is 0 Å². The molecule has 0 fully saturated rings. The lowest BCUT2D eigenvalue weighted by molar-refractivity contribution is -0.145. The first-order chi connectivity index (χ1) is 7.18. The van der Waals surface area contributed by atoms with Gasteiger partial charge >= 0.3 is 5.97 Å². The van der Waals surface area contributed by atoms with Crippen LogP contribution in [0.1, 0.15) is 25.3 Å². The van der Waals surface area contributed by atoms with Gasteiger partial charge in [0.2, 0.25) is 0 Å². The van der Waals surface area contributed by atoms with E-state index in [2.05, 4.69) is 0 Å². The standard InChI is InChI=1S/C12H15FO2/c1-10(13)7-8-12(14)15-9-11-5-3-2-4-6-11/h2-6,10H,7-9H2,1H3/t10-/m0/s1. The van der Waals surface area contributed by atoms with E-state index in [1.165, 1.54) is 6.92 Å². The van der Waals surface area contributed by atoms with Crippen LogP contribution in [0.2, 0.25) is 0 Å². The minimum atomic E-state index is -0.950. The van der Waals surface area contributed by atoms with Crippen molar-refractivity contribution in [2.45, 2.75) is 32.5 Å². The molecule has 0 saturated carbocycles. The molecule has 0 heterocycles. The molecule has 15 heavy (non-hydrogen) atoms. The van der Waals surface area contributed by atoms with E-state index < -0.39 is 6.17 Å². The van der Waals surface area contributed by atoms with Crippen LogP contribution in [-0.2, 0) is 16.1 Å². The number of carbonyl (C=O) groups excluding carboxylic acids is 1. The van der Waals surface area contributed by atoms with Crippen molar-refractivity contribution >= 4 is 5.97 Å². The summed E-state index contributed by atoms with van der Waals surface area (Å²) >= 11 is 0. The second-order valence-electron chi connectivity index (χ2n) is 3.47. The highest BCUT2D eigenvalue weighted by atomic mass is 19.1. The number of benzene rings is 1. The minimum Gasteiger partial charge on any atom is -0.461 e. The van der Waals surface area contributed by atoms with Gasteiger partial charge in [0.15, 0.2) is 0 Å². The highest BCUT2D eigenvalue weighted by molar-refractivity contribution is 5.69. The van der Waals surface area contributed by atoms with E-state index in [0.717, 1.165) is 5.56 Å². The summed E-state index contributed by atoms with van der Waals surface area (Å²) in [7, 11) is 0. The molecule has 0 saturated heterocycles. The second-order valence-corrected chi connectivity index (χ2v) is 3.47. The molecule has 0 amide bonds. The van der Waals surface area contributed by atoms with Gasteiger partial charge in [-0.25, -0.2) is 4.39 Å². The zero-order valence-electron chi connectivity index (χ0n) is 8.78. The fraction of sp³-hybridized carbons (Fsp3) is 0.417. The smallest absolute Gasteiger partial charge is 0.306 e. The van der Waals surface area contributed by atoms with Gasteiger partial charge in [-0.05, 0) is 18.9 Å². The topological polar surface area (TPSA) is 26.3 Å². The number of halogens is 1. The van der Waals surface area contributed by atoms with Crippen LogP contribution in [-0.4, -0.2) is 12.1 Å². The van der Waals surface area contributed by atoms with Crippen LogP contribution in [0.4, 0.5) is 4.39 Å². The molecule has 2 nitrogen and oxygen atoms in total. The summed E-state index contributed by atoms with van der Waals surface area (Å²) < 4.78 is 17.4. The van der Waals surface area contributed by atoms with Gasteiger partial charge in [-0.2, -0.15) is 0 Å². The van der Waals surface area contributed by atoms with Crippen LogP contribution < -0.4 is 0 Å². The fourth-order valence-corrected chi connectivity index (χ4v) is 1.13. The largest absolute Gasteiger partial charge is 0.461 e. The van der Waals surface area contributed by atoms with Gasteiger partial charge in [0, 0.05) is 6.42 Å². The third-order valence-electron chi connectivity index (χ3n) is 1.99. The quantitative estimate of drug-likeness (QED) is 0.698. The van der Waals surface area contributed by atoms with Crippen molar-refractivity contribution in [2.75, 3.05) is 0 Å². The Balaban J connectivity index is 2.23. The maximum absolute atomic E-state index is 12.4. The molecule has 0 radical (unpaired) electrons. The van der Waals surface area contributed by atoms with Crippen molar-refractivity contribution in [1.82, 2.24) is 0 Å². The van der Waals surface area contributed by atoms with Crippen LogP contribution in [0.15, 0.2) is 30.3 Å². The first-order valence-corrected chi connectivity index (χ1v) is 5.02. The van der Waals surface area contributed by atoms with Gasteiger partial charge in [0.1, 0.15) is 6.61 Å². The maximum Gasteiger partial charge on any atom is 0.306 e. The van der Waals surface area contributed by atoms with Gasteiger partial charge in [0.25, 0.3) is 0 Å². The molecule has 0 bridgehead atoms. The minimum absolute atomic E-state index is 0.143. The summed E-state index contributed by atoms with van der Waals surface area (Å²) in [5.41, 5.74) is 0.944. The highest BCUT2D eigenvalue weighted by Gasteiger charge is 2.06. The predicted octanol–water partition coefficient (Wildman–Crippen LogP) is 2.87. The molecule has 0 aliphatic heterocycles. The van der Waals surface area contributed by atoms with E-state index in [-0.39, 0.29) is 25.4 Å². The Kier molecular flexibility index (Phi) is 4.81. The van der Waals surface area contributed by atoms with E-state index in [4.69, 9.17) is 4.74 Å². The Morgan fingerprint density at radius 2 is 2.07 bits per heavy atom. The summed E-state index contributed by atoms with van der Waals surface area (Å²) in [6, 6.07) is 9.42. The van der Waals surface area contributed by atoms with E-state index >= 15 is 0 Å². The zero-order chi connectivity index (χ0) is 11.1. The first kappa shape index (κ1) is 11.7. The zero-order valence-corrected chi connectivity index (χ0v) is 8.78. The highest BCUT2D eigenvalue weighted by Crippen LogP contribution is 2.05. The third kappa shape index (κ3) is 5.15. The van der Waals surface area contributed by atoms with Crippen molar-refractivity contribution in [3.05, 3.63) is 35.9 Å². The molecule has 1 atom stereocenters. The number of rotatable bonds is 5. The lowest BCUT2D eigenvalue weighted by Crippen LogP contribution is -2.06.